The van der Waals surface area contributed by atoms with Crippen molar-refractivity contribution >= 4 is 17.1 Å². The lowest BCUT2D eigenvalue weighted by Gasteiger charge is -2.32. The maximum absolute atomic E-state index is 13.0. The smallest absolute Gasteiger partial charge is 0.332 e. The minimum Gasteiger partial charge on any atom is -0.341 e. The Morgan fingerprint density at radius 3 is 2.77 bits per heavy atom. The molecule has 11 nitrogen and oxygen atoms in total. The summed E-state index contributed by atoms with van der Waals surface area (Å²) in [5.74, 6) is 2.09. The number of carbonyl (C=O) groups excluding carboxylic acids is 1. The minimum absolute atomic E-state index is 0.00303. The van der Waals surface area contributed by atoms with E-state index >= 15 is 0 Å². The highest BCUT2D eigenvalue weighted by atomic mass is 16.5. The van der Waals surface area contributed by atoms with Crippen LogP contribution in [0.1, 0.15) is 43.3 Å². The number of fused-ring (bicyclic) bond motifs is 1. The van der Waals surface area contributed by atoms with Gasteiger partial charge in [0.1, 0.15) is 6.54 Å². The van der Waals surface area contributed by atoms with Gasteiger partial charge in [0.05, 0.1) is 6.33 Å². The maximum atomic E-state index is 13.0. The lowest BCUT2D eigenvalue weighted by atomic mass is 9.94. The van der Waals surface area contributed by atoms with Crippen molar-refractivity contribution in [3.05, 3.63) is 38.9 Å². The van der Waals surface area contributed by atoms with Gasteiger partial charge in [0.25, 0.3) is 5.56 Å². The van der Waals surface area contributed by atoms with E-state index in [1.54, 1.807) is 7.05 Å². The number of aryl methyl sites for hydroxylation is 1. The molecule has 1 amide bonds. The fourth-order valence-corrected chi connectivity index (χ4v) is 4.33. The molecular formula is C20H25N7O4. The molecule has 5 rings (SSSR count). The van der Waals surface area contributed by atoms with Crippen LogP contribution in [0.3, 0.4) is 0 Å². The fraction of sp³-hybridized carbons (Fsp3) is 0.600. The topological polar surface area (TPSA) is 121 Å². The molecule has 1 unspecified atom stereocenters. The van der Waals surface area contributed by atoms with Crippen molar-refractivity contribution in [2.45, 2.75) is 44.6 Å². The molecule has 1 saturated carbocycles. The van der Waals surface area contributed by atoms with E-state index in [2.05, 4.69) is 15.1 Å². The van der Waals surface area contributed by atoms with E-state index in [0.29, 0.717) is 31.3 Å². The average molecular weight is 427 g/mol. The van der Waals surface area contributed by atoms with Gasteiger partial charge in [-0.05, 0) is 31.6 Å². The number of hydrogen-bond donors (Lipinski definition) is 0. The van der Waals surface area contributed by atoms with Crippen LogP contribution in [0.25, 0.3) is 11.2 Å². The molecule has 3 aromatic rings. The molecule has 11 heteroatoms. The van der Waals surface area contributed by atoms with Crippen LogP contribution in [-0.2, 0) is 31.9 Å². The summed E-state index contributed by atoms with van der Waals surface area (Å²) in [6.07, 6.45) is 6.28. The van der Waals surface area contributed by atoms with Gasteiger partial charge in [-0.25, -0.2) is 9.78 Å². The van der Waals surface area contributed by atoms with E-state index < -0.39 is 11.2 Å². The highest BCUT2D eigenvalue weighted by Crippen LogP contribution is 2.38. The number of rotatable bonds is 5. The largest absolute Gasteiger partial charge is 0.341 e. The third kappa shape index (κ3) is 3.57. The Hall–Kier alpha value is -3.24. The lowest BCUT2D eigenvalue weighted by molar-refractivity contribution is -0.133. The second-order valence-electron chi connectivity index (χ2n) is 8.62. The van der Waals surface area contributed by atoms with Crippen molar-refractivity contribution in [1.29, 1.82) is 0 Å². The molecule has 1 aliphatic carbocycles. The molecule has 164 valence electrons. The summed E-state index contributed by atoms with van der Waals surface area (Å²) in [6, 6.07) is 0. The van der Waals surface area contributed by atoms with Gasteiger partial charge in [-0.1, -0.05) is 5.16 Å². The van der Waals surface area contributed by atoms with Gasteiger partial charge in [-0.2, -0.15) is 4.98 Å². The number of piperidine rings is 1. The molecule has 0 bridgehead atoms. The Morgan fingerprint density at radius 1 is 1.19 bits per heavy atom. The summed E-state index contributed by atoms with van der Waals surface area (Å²) in [6.45, 7) is 1.29. The maximum Gasteiger partial charge on any atom is 0.332 e. The van der Waals surface area contributed by atoms with Crippen molar-refractivity contribution in [3.63, 3.8) is 0 Å². The van der Waals surface area contributed by atoms with E-state index in [1.165, 1.54) is 22.5 Å². The highest BCUT2D eigenvalue weighted by Gasteiger charge is 2.30. The van der Waals surface area contributed by atoms with E-state index in [4.69, 9.17) is 4.52 Å². The van der Waals surface area contributed by atoms with Crippen LogP contribution in [0.15, 0.2) is 20.4 Å². The van der Waals surface area contributed by atoms with Gasteiger partial charge in [0, 0.05) is 39.5 Å². The molecule has 4 heterocycles. The first-order chi connectivity index (χ1) is 14.9. The van der Waals surface area contributed by atoms with E-state index in [-0.39, 0.29) is 29.5 Å². The zero-order valence-corrected chi connectivity index (χ0v) is 17.7. The minimum atomic E-state index is -0.456. The predicted molar refractivity (Wildman–Crippen MR) is 109 cm³/mol. The first-order valence-electron chi connectivity index (χ1n) is 10.6. The monoisotopic (exact) mass is 427 g/mol. The Kier molecular flexibility index (Phi) is 4.75. The number of amides is 1. The zero-order chi connectivity index (χ0) is 21.7. The highest BCUT2D eigenvalue weighted by molar-refractivity contribution is 5.79. The number of carbonyl (C=O) groups is 1. The first kappa shape index (κ1) is 19.7. The molecule has 31 heavy (non-hydrogen) atoms. The van der Waals surface area contributed by atoms with Crippen molar-refractivity contribution in [1.82, 2.24) is 33.7 Å². The predicted octanol–water partition coefficient (Wildman–Crippen LogP) is 0.175. The van der Waals surface area contributed by atoms with Crippen molar-refractivity contribution in [3.8, 4) is 0 Å². The standard InChI is InChI=1S/C20H25N7O4/c1-24-18-16(19(29)25(2)20(24)30)27(11-21-18)10-15(28)26-7-3-4-12(9-26)8-14-22-17(23-31-14)13-5-6-13/h11-13H,3-10H2,1-2H3. The fourth-order valence-electron chi connectivity index (χ4n) is 4.33. The molecule has 1 saturated heterocycles. The van der Waals surface area contributed by atoms with Crippen molar-refractivity contribution in [2.24, 2.45) is 20.0 Å². The SMILES string of the molecule is Cn1c(=O)c2c(ncn2CC(=O)N2CCCC(Cc3nc(C4CC4)no3)C2)n(C)c1=O. The van der Waals surface area contributed by atoms with Crippen LogP contribution in [0.5, 0.6) is 0 Å². The zero-order valence-electron chi connectivity index (χ0n) is 17.7. The third-order valence-corrected chi connectivity index (χ3v) is 6.28. The van der Waals surface area contributed by atoms with E-state index in [0.717, 1.165) is 36.1 Å². The number of imidazole rings is 1. The number of aromatic nitrogens is 6. The van der Waals surface area contributed by atoms with Crippen LogP contribution < -0.4 is 11.2 Å². The van der Waals surface area contributed by atoms with Gasteiger partial charge in [-0.3, -0.25) is 18.7 Å². The molecule has 0 N–H and O–H groups in total. The number of nitrogens with zero attached hydrogens (tertiary/aromatic N) is 7. The quantitative estimate of drug-likeness (QED) is 0.569. The Labute approximate surface area is 177 Å². The van der Waals surface area contributed by atoms with Gasteiger partial charge in [-0.15, -0.1) is 0 Å². The van der Waals surface area contributed by atoms with Crippen LogP contribution in [-0.4, -0.2) is 52.7 Å². The summed E-state index contributed by atoms with van der Waals surface area (Å²) in [5, 5.41) is 4.07. The Balaban J connectivity index is 1.30. The average Bonchev–Trinajstić information content (AvgIpc) is 3.38. The molecule has 1 aliphatic heterocycles. The molecule has 0 spiro atoms. The molecule has 2 fully saturated rings. The summed E-state index contributed by atoms with van der Waals surface area (Å²) < 4.78 is 9.28. The second kappa shape index (κ2) is 7.47. The van der Waals surface area contributed by atoms with Crippen molar-refractivity contribution in [2.75, 3.05) is 13.1 Å². The first-order valence-corrected chi connectivity index (χ1v) is 10.6. The second-order valence-corrected chi connectivity index (χ2v) is 8.62. The number of likely N-dealkylation sites (tertiary alicyclic amines) is 1. The van der Waals surface area contributed by atoms with Crippen molar-refractivity contribution < 1.29 is 9.32 Å². The number of hydrogen-bond acceptors (Lipinski definition) is 7. The van der Waals surface area contributed by atoms with Gasteiger partial charge < -0.3 is 14.0 Å². The normalized spacial score (nSPS) is 19.3. The van der Waals surface area contributed by atoms with E-state index in [1.807, 2.05) is 4.90 Å². The van der Waals surface area contributed by atoms with Crippen LogP contribution >= 0.6 is 0 Å². The molecule has 3 aromatic heterocycles. The van der Waals surface area contributed by atoms with Crippen LogP contribution in [0, 0.1) is 5.92 Å². The summed E-state index contributed by atoms with van der Waals surface area (Å²) >= 11 is 0. The third-order valence-electron chi connectivity index (χ3n) is 6.28. The molecular weight excluding hydrogens is 402 g/mol. The molecule has 1 atom stereocenters. The van der Waals surface area contributed by atoms with Crippen LogP contribution in [0.4, 0.5) is 0 Å². The Bertz CT molecular complexity index is 1260. The van der Waals surface area contributed by atoms with Gasteiger partial charge in [0.2, 0.25) is 11.8 Å². The van der Waals surface area contributed by atoms with Gasteiger partial charge >= 0.3 is 5.69 Å². The lowest BCUT2D eigenvalue weighted by Crippen LogP contribution is -2.42. The van der Waals surface area contributed by atoms with Crippen LogP contribution in [0.2, 0.25) is 0 Å². The molecule has 0 radical (unpaired) electrons. The van der Waals surface area contributed by atoms with E-state index in [9.17, 15) is 14.4 Å². The molecule has 2 aliphatic rings. The molecule has 0 aromatic carbocycles. The summed E-state index contributed by atoms with van der Waals surface area (Å²) in [7, 11) is 2.98. The van der Waals surface area contributed by atoms with Gasteiger partial charge in [0.15, 0.2) is 17.0 Å². The summed E-state index contributed by atoms with van der Waals surface area (Å²) in [4.78, 5) is 48.2. The Morgan fingerprint density at radius 2 is 2.00 bits per heavy atom. The summed E-state index contributed by atoms with van der Waals surface area (Å²) in [5.41, 5.74) is -0.369.